The zero-order valence-electron chi connectivity index (χ0n) is 8.60. The zero-order chi connectivity index (χ0) is 10.2. The number of nitrogens with one attached hydrogen (secondary N) is 1. The second-order valence-corrected chi connectivity index (χ2v) is 4.54. The van der Waals surface area contributed by atoms with Crippen LogP contribution in [0.15, 0.2) is 0 Å². The van der Waals surface area contributed by atoms with Crippen molar-refractivity contribution >= 4 is 0 Å². The lowest BCUT2D eigenvalue weighted by Gasteiger charge is -2.37. The summed E-state index contributed by atoms with van der Waals surface area (Å²) in [6.45, 7) is 0.938. The Balaban J connectivity index is 1.83. The molecule has 1 atom stereocenters. The molecule has 2 rings (SSSR count). The number of alkyl halides is 2. The third kappa shape index (κ3) is 1.91. The minimum absolute atomic E-state index is 0.00380. The van der Waals surface area contributed by atoms with Crippen molar-refractivity contribution in [3.63, 3.8) is 0 Å². The molecule has 1 unspecified atom stereocenters. The molecule has 14 heavy (non-hydrogen) atoms. The Morgan fingerprint density at radius 1 is 1.43 bits per heavy atom. The van der Waals surface area contributed by atoms with E-state index in [0.29, 0.717) is 19.1 Å². The highest BCUT2D eigenvalue weighted by molar-refractivity contribution is 4.93. The van der Waals surface area contributed by atoms with Gasteiger partial charge in [0.2, 0.25) is 0 Å². The fraction of sp³-hybridized carbons (Fsp3) is 1.00. The molecule has 0 aromatic heterocycles. The summed E-state index contributed by atoms with van der Waals surface area (Å²) in [4.78, 5) is 2.08. The van der Waals surface area contributed by atoms with Crippen molar-refractivity contribution in [1.82, 2.24) is 10.2 Å². The Kier molecular flexibility index (Phi) is 2.75. The van der Waals surface area contributed by atoms with Crippen LogP contribution in [-0.2, 0) is 0 Å². The predicted octanol–water partition coefficient (Wildman–Crippen LogP) is 1.47. The third-order valence-electron chi connectivity index (χ3n) is 3.53. The monoisotopic (exact) mass is 204 g/mol. The zero-order valence-corrected chi connectivity index (χ0v) is 8.60. The molecule has 1 aliphatic carbocycles. The van der Waals surface area contributed by atoms with Crippen LogP contribution in [0.4, 0.5) is 8.78 Å². The normalized spacial score (nSPS) is 32.1. The molecule has 4 heteroatoms. The Morgan fingerprint density at radius 3 is 2.57 bits per heavy atom. The summed E-state index contributed by atoms with van der Waals surface area (Å²) in [5, 5.41) is 2.89. The van der Waals surface area contributed by atoms with Gasteiger partial charge in [0.1, 0.15) is 0 Å². The van der Waals surface area contributed by atoms with Gasteiger partial charge >= 0.3 is 0 Å². The Bertz CT molecular complexity index is 204. The van der Waals surface area contributed by atoms with Crippen molar-refractivity contribution in [1.29, 1.82) is 0 Å². The molecule has 1 saturated carbocycles. The maximum absolute atomic E-state index is 13.3. The Morgan fingerprint density at radius 2 is 2.14 bits per heavy atom. The Labute approximate surface area is 83.7 Å². The maximum Gasteiger partial charge on any atom is 0.265 e. The van der Waals surface area contributed by atoms with Gasteiger partial charge in [0.05, 0.1) is 6.04 Å². The fourth-order valence-electron chi connectivity index (χ4n) is 2.20. The summed E-state index contributed by atoms with van der Waals surface area (Å²) in [6.07, 6.45) is 3.60. The number of nitrogens with zero attached hydrogens (tertiary/aromatic N) is 1. The van der Waals surface area contributed by atoms with Crippen LogP contribution in [0.3, 0.4) is 0 Å². The van der Waals surface area contributed by atoms with Gasteiger partial charge in [-0.25, -0.2) is 8.78 Å². The maximum atomic E-state index is 13.3. The molecular weight excluding hydrogens is 186 g/mol. The highest BCUT2D eigenvalue weighted by atomic mass is 19.3. The molecule has 1 heterocycles. The molecule has 1 N–H and O–H groups in total. The second-order valence-electron chi connectivity index (χ2n) is 4.54. The van der Waals surface area contributed by atoms with Gasteiger partial charge in [0.15, 0.2) is 0 Å². The van der Waals surface area contributed by atoms with Crippen LogP contribution in [-0.4, -0.2) is 43.0 Å². The summed E-state index contributed by atoms with van der Waals surface area (Å²) in [7, 11) is 1.96. The fourth-order valence-corrected chi connectivity index (χ4v) is 2.20. The molecule has 0 aromatic carbocycles. The summed E-state index contributed by atoms with van der Waals surface area (Å²) in [5.74, 6) is -2.50. The molecule has 82 valence electrons. The van der Waals surface area contributed by atoms with E-state index in [1.807, 2.05) is 7.05 Å². The third-order valence-corrected chi connectivity index (χ3v) is 3.53. The van der Waals surface area contributed by atoms with Crippen LogP contribution >= 0.6 is 0 Å². The van der Waals surface area contributed by atoms with E-state index in [-0.39, 0.29) is 6.42 Å². The molecule has 0 radical (unpaired) electrons. The predicted molar refractivity (Wildman–Crippen MR) is 51.6 cm³/mol. The van der Waals surface area contributed by atoms with Crippen LogP contribution in [0, 0.1) is 0 Å². The standard InChI is InChI=1S/C10H18F2N2/c1-14(8-3-2-4-8)7-9-10(11,12)5-6-13-9/h8-9,13H,2-7H2,1H3. The molecule has 1 saturated heterocycles. The average molecular weight is 204 g/mol. The van der Waals surface area contributed by atoms with Crippen LogP contribution < -0.4 is 5.32 Å². The van der Waals surface area contributed by atoms with E-state index in [9.17, 15) is 8.78 Å². The quantitative estimate of drug-likeness (QED) is 0.749. The molecular formula is C10H18F2N2. The number of likely N-dealkylation sites (N-methyl/N-ethyl adjacent to an activating group) is 1. The molecule has 2 aliphatic rings. The van der Waals surface area contributed by atoms with Crippen LogP contribution in [0.1, 0.15) is 25.7 Å². The van der Waals surface area contributed by atoms with Gasteiger partial charge in [-0.2, -0.15) is 0 Å². The van der Waals surface area contributed by atoms with E-state index in [1.165, 1.54) is 19.3 Å². The Hall–Kier alpha value is -0.220. The number of hydrogen-bond acceptors (Lipinski definition) is 2. The van der Waals surface area contributed by atoms with Gasteiger partial charge in [0.25, 0.3) is 5.92 Å². The van der Waals surface area contributed by atoms with Crippen molar-refractivity contribution < 1.29 is 8.78 Å². The summed E-state index contributed by atoms with van der Waals surface area (Å²) in [5.41, 5.74) is 0. The first kappa shape index (κ1) is 10.3. The molecule has 0 spiro atoms. The van der Waals surface area contributed by atoms with E-state index in [0.717, 1.165) is 0 Å². The van der Waals surface area contributed by atoms with E-state index in [1.54, 1.807) is 0 Å². The van der Waals surface area contributed by atoms with Gasteiger partial charge < -0.3 is 10.2 Å². The minimum Gasteiger partial charge on any atom is -0.307 e. The molecule has 0 bridgehead atoms. The van der Waals surface area contributed by atoms with E-state index >= 15 is 0 Å². The smallest absolute Gasteiger partial charge is 0.265 e. The summed E-state index contributed by atoms with van der Waals surface area (Å²) >= 11 is 0. The van der Waals surface area contributed by atoms with Crippen molar-refractivity contribution in [2.75, 3.05) is 20.1 Å². The highest BCUT2D eigenvalue weighted by Gasteiger charge is 2.44. The van der Waals surface area contributed by atoms with E-state index in [4.69, 9.17) is 0 Å². The topological polar surface area (TPSA) is 15.3 Å². The molecule has 0 amide bonds. The lowest BCUT2D eigenvalue weighted by Crippen LogP contribution is -2.49. The van der Waals surface area contributed by atoms with Crippen molar-refractivity contribution in [2.45, 2.75) is 43.7 Å². The first-order valence-corrected chi connectivity index (χ1v) is 5.41. The molecule has 0 aromatic rings. The van der Waals surface area contributed by atoms with Crippen molar-refractivity contribution in [3.8, 4) is 0 Å². The summed E-state index contributed by atoms with van der Waals surface area (Å²) in [6, 6.07) is -0.0821. The largest absolute Gasteiger partial charge is 0.307 e. The van der Waals surface area contributed by atoms with Gasteiger partial charge in [-0.05, 0) is 19.9 Å². The van der Waals surface area contributed by atoms with Gasteiger partial charge in [-0.15, -0.1) is 0 Å². The van der Waals surface area contributed by atoms with Crippen LogP contribution in [0.5, 0.6) is 0 Å². The lowest BCUT2D eigenvalue weighted by molar-refractivity contribution is -0.0249. The minimum atomic E-state index is -2.50. The van der Waals surface area contributed by atoms with E-state index in [2.05, 4.69) is 10.2 Å². The van der Waals surface area contributed by atoms with Gasteiger partial charge in [-0.3, -0.25) is 0 Å². The SMILES string of the molecule is CN(CC1NCCC1(F)F)C1CCC1. The van der Waals surface area contributed by atoms with Crippen molar-refractivity contribution in [3.05, 3.63) is 0 Å². The van der Waals surface area contributed by atoms with Crippen molar-refractivity contribution in [2.24, 2.45) is 0 Å². The van der Waals surface area contributed by atoms with Gasteiger partial charge in [-0.1, -0.05) is 6.42 Å². The van der Waals surface area contributed by atoms with Crippen LogP contribution in [0.2, 0.25) is 0 Å². The molecule has 1 aliphatic heterocycles. The lowest BCUT2D eigenvalue weighted by atomic mass is 9.91. The highest BCUT2D eigenvalue weighted by Crippen LogP contribution is 2.30. The number of rotatable bonds is 3. The number of hydrogen-bond donors (Lipinski definition) is 1. The average Bonchev–Trinajstić information content (AvgIpc) is 2.27. The van der Waals surface area contributed by atoms with E-state index < -0.39 is 12.0 Å². The second kappa shape index (κ2) is 3.74. The number of halogens is 2. The van der Waals surface area contributed by atoms with Gasteiger partial charge in [0, 0.05) is 25.6 Å². The molecule has 2 fully saturated rings. The van der Waals surface area contributed by atoms with Crippen LogP contribution in [0.25, 0.3) is 0 Å². The first-order chi connectivity index (χ1) is 6.59. The summed E-state index contributed by atoms with van der Waals surface area (Å²) < 4.78 is 26.5. The molecule has 2 nitrogen and oxygen atoms in total. The first-order valence-electron chi connectivity index (χ1n) is 5.41.